The Hall–Kier alpha value is -3.61. The van der Waals surface area contributed by atoms with Crippen molar-refractivity contribution in [1.29, 1.82) is 0 Å². The van der Waals surface area contributed by atoms with Crippen molar-refractivity contribution in [2.45, 2.75) is 20.3 Å². The molecular formula is C22H21N3O4. The number of rotatable bonds is 3. The Morgan fingerprint density at radius 1 is 1.21 bits per heavy atom. The van der Waals surface area contributed by atoms with Crippen LogP contribution in [0.2, 0.25) is 0 Å². The fourth-order valence-electron chi connectivity index (χ4n) is 3.66. The third kappa shape index (κ3) is 3.47. The predicted octanol–water partition coefficient (Wildman–Crippen LogP) is 4.47. The van der Waals surface area contributed by atoms with Crippen LogP contribution >= 0.6 is 0 Å². The second kappa shape index (κ2) is 7.09. The number of hydrogen-bond acceptors (Lipinski definition) is 5. The molecule has 29 heavy (non-hydrogen) atoms. The van der Waals surface area contributed by atoms with Crippen molar-refractivity contribution in [2.75, 3.05) is 18.8 Å². The monoisotopic (exact) mass is 391 g/mol. The van der Waals surface area contributed by atoms with Gasteiger partial charge in [-0.2, -0.15) is 0 Å². The van der Waals surface area contributed by atoms with Gasteiger partial charge in [0.05, 0.1) is 4.92 Å². The molecule has 0 fully saturated rings. The van der Waals surface area contributed by atoms with Crippen LogP contribution in [0.4, 0.5) is 11.4 Å². The first kappa shape index (κ1) is 18.7. The molecule has 1 amide bonds. The Bertz CT molecular complexity index is 1180. The maximum Gasteiger partial charge on any atom is 0.292 e. The zero-order valence-corrected chi connectivity index (χ0v) is 16.3. The summed E-state index contributed by atoms with van der Waals surface area (Å²) < 4.78 is 5.72. The molecule has 0 radical (unpaired) electrons. The second-order valence-corrected chi connectivity index (χ2v) is 7.37. The molecule has 0 aliphatic carbocycles. The zero-order chi connectivity index (χ0) is 20.7. The van der Waals surface area contributed by atoms with E-state index in [2.05, 4.69) is 0 Å². The van der Waals surface area contributed by atoms with E-state index in [1.54, 1.807) is 17.9 Å². The molecule has 0 spiro atoms. The number of nitrogen functional groups attached to an aromatic ring is 1. The molecule has 0 saturated carbocycles. The number of aryl methyl sites for hydroxylation is 2. The lowest BCUT2D eigenvalue weighted by molar-refractivity contribution is -0.383. The summed E-state index contributed by atoms with van der Waals surface area (Å²) in [6.45, 7) is 4.68. The molecule has 3 aromatic rings. The average molecular weight is 391 g/mol. The number of hydrogen-bond donors (Lipinski definition) is 1. The smallest absolute Gasteiger partial charge is 0.292 e. The number of carbonyl (C=O) groups is 1. The van der Waals surface area contributed by atoms with Gasteiger partial charge in [-0.3, -0.25) is 14.9 Å². The summed E-state index contributed by atoms with van der Waals surface area (Å²) in [6.07, 6.45) is 2.54. The van der Waals surface area contributed by atoms with Gasteiger partial charge < -0.3 is 15.1 Å². The third-order valence-electron chi connectivity index (χ3n) is 5.31. The summed E-state index contributed by atoms with van der Waals surface area (Å²) in [7, 11) is 0. The number of nitrogens with zero attached hydrogens (tertiary/aromatic N) is 2. The van der Waals surface area contributed by atoms with Crippen LogP contribution in [0.5, 0.6) is 0 Å². The minimum Gasteiger partial charge on any atom is -0.451 e. The number of furan rings is 1. The number of fused-ring (bicyclic) bond motifs is 1. The second-order valence-electron chi connectivity index (χ2n) is 7.37. The number of amides is 1. The molecule has 0 unspecified atom stereocenters. The van der Waals surface area contributed by atoms with Crippen LogP contribution in [-0.2, 0) is 0 Å². The van der Waals surface area contributed by atoms with Crippen molar-refractivity contribution in [2.24, 2.45) is 0 Å². The van der Waals surface area contributed by atoms with Crippen LogP contribution in [0.1, 0.15) is 33.7 Å². The molecule has 2 N–H and O–H groups in total. The van der Waals surface area contributed by atoms with Crippen LogP contribution in [0, 0.1) is 24.0 Å². The molecule has 1 aliphatic rings. The van der Waals surface area contributed by atoms with Crippen LogP contribution in [-0.4, -0.2) is 28.8 Å². The Morgan fingerprint density at radius 2 is 2.00 bits per heavy atom. The lowest BCUT2D eigenvalue weighted by atomic mass is 9.96. The summed E-state index contributed by atoms with van der Waals surface area (Å²) in [5.74, 6) is 0.162. The van der Waals surface area contributed by atoms with Crippen LogP contribution in [0.3, 0.4) is 0 Å². The Morgan fingerprint density at radius 3 is 2.69 bits per heavy atom. The number of carbonyl (C=O) groups excluding carboxylic acids is 1. The third-order valence-corrected chi connectivity index (χ3v) is 5.31. The Labute approximate surface area is 167 Å². The Balaban J connectivity index is 1.56. The number of nitro groups is 1. The van der Waals surface area contributed by atoms with Gasteiger partial charge in [0.25, 0.3) is 11.6 Å². The Kier molecular flexibility index (Phi) is 4.58. The fourth-order valence-corrected chi connectivity index (χ4v) is 3.66. The topological polar surface area (TPSA) is 103 Å². The zero-order valence-electron chi connectivity index (χ0n) is 16.3. The van der Waals surface area contributed by atoms with E-state index in [1.807, 2.05) is 37.3 Å². The molecule has 2 aromatic carbocycles. The molecule has 0 saturated heterocycles. The van der Waals surface area contributed by atoms with Gasteiger partial charge in [-0.15, -0.1) is 0 Å². The van der Waals surface area contributed by atoms with E-state index < -0.39 is 4.92 Å². The summed E-state index contributed by atoms with van der Waals surface area (Å²) in [5, 5.41) is 12.2. The van der Waals surface area contributed by atoms with Crippen molar-refractivity contribution in [3.05, 3.63) is 75.0 Å². The highest BCUT2D eigenvalue weighted by Crippen LogP contribution is 2.32. The van der Waals surface area contributed by atoms with Crippen LogP contribution in [0.25, 0.3) is 16.5 Å². The summed E-state index contributed by atoms with van der Waals surface area (Å²) in [6, 6.07) is 10.9. The van der Waals surface area contributed by atoms with Crippen LogP contribution < -0.4 is 5.73 Å². The van der Waals surface area contributed by atoms with Gasteiger partial charge in [-0.1, -0.05) is 17.7 Å². The van der Waals surface area contributed by atoms with Gasteiger partial charge in [-0.05, 0) is 61.2 Å². The molecule has 2 heterocycles. The fraction of sp³-hybridized carbons (Fsp3) is 0.227. The molecule has 0 atom stereocenters. The first-order chi connectivity index (χ1) is 13.8. The lowest BCUT2D eigenvalue weighted by Gasteiger charge is -2.26. The number of nitrogens with two attached hydrogens (primary N) is 1. The van der Waals surface area contributed by atoms with E-state index in [1.165, 1.54) is 6.07 Å². The van der Waals surface area contributed by atoms with Crippen molar-refractivity contribution in [1.82, 2.24) is 4.90 Å². The van der Waals surface area contributed by atoms with Crippen molar-refractivity contribution >= 4 is 33.8 Å². The number of benzene rings is 2. The van der Waals surface area contributed by atoms with Gasteiger partial charge >= 0.3 is 0 Å². The van der Waals surface area contributed by atoms with Gasteiger partial charge in [-0.25, -0.2) is 0 Å². The minimum atomic E-state index is -0.464. The minimum absolute atomic E-state index is 0.0861. The maximum atomic E-state index is 12.8. The normalized spacial score (nSPS) is 14.1. The van der Waals surface area contributed by atoms with Crippen molar-refractivity contribution < 1.29 is 14.1 Å². The van der Waals surface area contributed by atoms with Gasteiger partial charge in [0, 0.05) is 24.5 Å². The van der Waals surface area contributed by atoms with Gasteiger partial charge in [0.15, 0.2) is 5.76 Å². The number of nitro benzene ring substituents is 1. The highest BCUT2D eigenvalue weighted by Gasteiger charge is 2.24. The standard InChI is InChI=1S/C22H21N3O4/c1-13-3-4-19-17(9-13)12-20(29-19)22(26)24-7-5-15(6-8-24)16-10-14(2)21(23)18(11-16)25(27)28/h3-5,9-12H,6-8,23H2,1-2H3. The average Bonchev–Trinajstić information content (AvgIpc) is 3.12. The molecule has 7 nitrogen and oxygen atoms in total. The molecule has 7 heteroatoms. The van der Waals surface area contributed by atoms with Crippen molar-refractivity contribution in [3.63, 3.8) is 0 Å². The van der Waals surface area contributed by atoms with E-state index in [0.717, 1.165) is 22.1 Å². The van der Waals surface area contributed by atoms with E-state index in [9.17, 15) is 14.9 Å². The summed E-state index contributed by atoms with van der Waals surface area (Å²) >= 11 is 0. The van der Waals surface area contributed by atoms with E-state index >= 15 is 0 Å². The predicted molar refractivity (Wildman–Crippen MR) is 112 cm³/mol. The molecule has 0 bridgehead atoms. The van der Waals surface area contributed by atoms with Crippen LogP contribution in [0.15, 0.2) is 46.9 Å². The van der Waals surface area contributed by atoms with Gasteiger partial charge in [0.2, 0.25) is 0 Å². The van der Waals surface area contributed by atoms with Crippen molar-refractivity contribution in [3.8, 4) is 0 Å². The maximum absolute atomic E-state index is 12.8. The molecular weight excluding hydrogens is 370 g/mol. The summed E-state index contributed by atoms with van der Waals surface area (Å²) in [5.41, 5.74) is 10.1. The highest BCUT2D eigenvalue weighted by atomic mass is 16.6. The quantitative estimate of drug-likeness (QED) is 0.403. The highest BCUT2D eigenvalue weighted by molar-refractivity contribution is 5.96. The number of anilines is 1. The molecule has 1 aromatic heterocycles. The van der Waals surface area contributed by atoms with E-state index in [0.29, 0.717) is 36.4 Å². The molecule has 4 rings (SSSR count). The first-order valence-corrected chi connectivity index (χ1v) is 9.37. The largest absolute Gasteiger partial charge is 0.451 e. The first-order valence-electron chi connectivity index (χ1n) is 9.37. The van der Waals surface area contributed by atoms with E-state index in [-0.39, 0.29) is 17.3 Å². The summed E-state index contributed by atoms with van der Waals surface area (Å²) in [4.78, 5) is 25.3. The molecule has 148 valence electrons. The molecule has 1 aliphatic heterocycles. The SMILES string of the molecule is Cc1ccc2oc(C(=O)N3CC=C(c4cc(C)c(N)c([N+](=O)[O-])c4)CC3)cc2c1. The lowest BCUT2D eigenvalue weighted by Crippen LogP contribution is -2.34. The van der Waals surface area contributed by atoms with Gasteiger partial charge in [0.1, 0.15) is 11.3 Å². The van der Waals surface area contributed by atoms with E-state index in [4.69, 9.17) is 10.2 Å².